The maximum Gasteiger partial charge on any atom is 0.244 e. The topological polar surface area (TPSA) is 75.3 Å². The van der Waals surface area contributed by atoms with Gasteiger partial charge < -0.3 is 19.7 Å². The van der Waals surface area contributed by atoms with E-state index in [0.29, 0.717) is 25.9 Å². The number of hydrogen-bond acceptors (Lipinski definition) is 6. The number of hydrogen-bond donors (Lipinski definition) is 2. The third-order valence-electron chi connectivity index (χ3n) is 3.38. The number of nitrogens with zero attached hydrogens (tertiary/aromatic N) is 3. The largest absolute Gasteiger partial charge is 0.382 e. The number of nitrogens with one attached hydrogen (secondary N) is 2. The molecule has 0 bridgehead atoms. The summed E-state index contributed by atoms with van der Waals surface area (Å²) >= 11 is 0. The Morgan fingerprint density at radius 2 is 2.16 bits per heavy atom. The van der Waals surface area contributed by atoms with Crippen LogP contribution >= 0.6 is 0 Å². The van der Waals surface area contributed by atoms with E-state index in [1.54, 1.807) is 7.11 Å². The van der Waals surface area contributed by atoms with Crippen molar-refractivity contribution in [2.75, 3.05) is 45.4 Å². The number of methoxy groups -OCH3 is 1. The summed E-state index contributed by atoms with van der Waals surface area (Å²) in [7, 11) is 3.67. The monoisotopic (exact) mass is 269 g/mol. The first kappa shape index (κ1) is 14.2. The minimum absolute atomic E-state index is 0.448. The van der Waals surface area contributed by atoms with E-state index in [4.69, 9.17) is 9.47 Å². The van der Waals surface area contributed by atoms with Crippen LogP contribution in [0.1, 0.15) is 18.7 Å². The average molecular weight is 269 g/mol. The summed E-state index contributed by atoms with van der Waals surface area (Å²) in [6.07, 6.45) is 2.26. The summed E-state index contributed by atoms with van der Waals surface area (Å²) in [5, 5.41) is 10.5. The van der Waals surface area contributed by atoms with Crippen LogP contribution in [0, 0.1) is 0 Å². The van der Waals surface area contributed by atoms with Crippen LogP contribution in [0.25, 0.3) is 0 Å². The second-order valence-electron chi connectivity index (χ2n) is 4.68. The molecule has 0 spiro atoms. The summed E-state index contributed by atoms with van der Waals surface area (Å²) in [4.78, 5) is 6.67. The van der Waals surface area contributed by atoms with Crippen molar-refractivity contribution < 1.29 is 9.47 Å². The molecule has 0 unspecified atom stereocenters. The van der Waals surface area contributed by atoms with Crippen molar-refractivity contribution in [2.24, 2.45) is 0 Å². The van der Waals surface area contributed by atoms with Gasteiger partial charge >= 0.3 is 0 Å². The van der Waals surface area contributed by atoms with Gasteiger partial charge in [-0.1, -0.05) is 0 Å². The number of anilines is 1. The molecule has 0 radical (unpaired) electrons. The molecule has 2 rings (SSSR count). The molecule has 0 aliphatic carbocycles. The Bertz CT molecular complexity index is 363. The summed E-state index contributed by atoms with van der Waals surface area (Å²) in [5.74, 6) is 1.54. The van der Waals surface area contributed by atoms with E-state index >= 15 is 0 Å². The molecule has 1 aromatic rings. The highest BCUT2D eigenvalue weighted by molar-refractivity contribution is 5.29. The van der Waals surface area contributed by atoms with Gasteiger partial charge in [0.1, 0.15) is 6.61 Å². The molecule has 1 saturated heterocycles. The molecule has 7 heteroatoms. The van der Waals surface area contributed by atoms with Crippen LogP contribution in [-0.2, 0) is 16.1 Å². The number of aromatic amines is 1. The number of rotatable bonds is 7. The zero-order valence-corrected chi connectivity index (χ0v) is 11.7. The summed E-state index contributed by atoms with van der Waals surface area (Å²) in [5.41, 5.74) is 0. The number of H-pyrrole nitrogens is 1. The van der Waals surface area contributed by atoms with Crippen molar-refractivity contribution in [2.45, 2.75) is 25.5 Å². The minimum Gasteiger partial charge on any atom is -0.382 e. The minimum atomic E-state index is 0.448. The fourth-order valence-corrected chi connectivity index (χ4v) is 2.17. The molecule has 1 aliphatic rings. The van der Waals surface area contributed by atoms with Gasteiger partial charge in [-0.25, -0.2) is 0 Å². The number of ether oxygens (including phenoxy) is 2. The Morgan fingerprint density at radius 3 is 2.84 bits per heavy atom. The Morgan fingerprint density at radius 1 is 1.37 bits per heavy atom. The molecule has 0 amide bonds. The standard InChI is InChI=1S/C12H23N5O2/c1-13-10-3-5-17(6-4-10)12-14-11(15-16-12)9-19-8-7-18-2/h10,13H,3-9H2,1-2H3,(H,14,15,16). The first-order valence-corrected chi connectivity index (χ1v) is 6.73. The molecule has 0 atom stereocenters. The first-order chi connectivity index (χ1) is 9.33. The predicted octanol–water partition coefficient (Wildman–Crippen LogP) is 0.156. The van der Waals surface area contributed by atoms with Crippen molar-refractivity contribution >= 4 is 5.95 Å². The van der Waals surface area contributed by atoms with Gasteiger partial charge in [-0.3, -0.25) is 5.10 Å². The van der Waals surface area contributed by atoms with Crippen LogP contribution in [0.15, 0.2) is 0 Å². The van der Waals surface area contributed by atoms with E-state index in [1.807, 2.05) is 7.05 Å². The Balaban J connectivity index is 1.77. The SMILES string of the molecule is CNC1CCN(c2n[nH]c(COCCOC)n2)CC1. The van der Waals surface area contributed by atoms with Crippen LogP contribution in [-0.4, -0.2) is 61.7 Å². The molecule has 0 aromatic carbocycles. The molecule has 2 heterocycles. The molecule has 108 valence electrons. The third-order valence-corrected chi connectivity index (χ3v) is 3.38. The van der Waals surface area contributed by atoms with Gasteiger partial charge in [-0.05, 0) is 19.9 Å². The molecular formula is C12H23N5O2. The number of aromatic nitrogens is 3. The molecule has 1 aromatic heterocycles. The van der Waals surface area contributed by atoms with Gasteiger partial charge in [0, 0.05) is 26.2 Å². The molecule has 0 saturated carbocycles. The van der Waals surface area contributed by atoms with Gasteiger partial charge in [0.05, 0.1) is 13.2 Å². The first-order valence-electron chi connectivity index (χ1n) is 6.73. The van der Waals surface area contributed by atoms with E-state index in [0.717, 1.165) is 37.7 Å². The second-order valence-corrected chi connectivity index (χ2v) is 4.68. The van der Waals surface area contributed by atoms with Crippen LogP contribution in [0.5, 0.6) is 0 Å². The van der Waals surface area contributed by atoms with Gasteiger partial charge in [0.2, 0.25) is 5.95 Å². The van der Waals surface area contributed by atoms with Crippen LogP contribution in [0.3, 0.4) is 0 Å². The quantitative estimate of drug-likeness (QED) is 0.687. The van der Waals surface area contributed by atoms with E-state index in [-0.39, 0.29) is 0 Å². The summed E-state index contributed by atoms with van der Waals surface area (Å²) in [6.45, 7) is 3.60. The van der Waals surface area contributed by atoms with E-state index in [1.165, 1.54) is 0 Å². The van der Waals surface area contributed by atoms with Gasteiger partial charge in [0.15, 0.2) is 5.82 Å². The fourth-order valence-electron chi connectivity index (χ4n) is 2.17. The Hall–Kier alpha value is -1.18. The van der Waals surface area contributed by atoms with E-state index < -0.39 is 0 Å². The molecule has 19 heavy (non-hydrogen) atoms. The number of piperidine rings is 1. The summed E-state index contributed by atoms with van der Waals surface area (Å²) < 4.78 is 10.3. The highest BCUT2D eigenvalue weighted by Crippen LogP contribution is 2.15. The molecule has 1 fully saturated rings. The molecule has 7 nitrogen and oxygen atoms in total. The maximum atomic E-state index is 5.41. The van der Waals surface area contributed by atoms with Crippen molar-refractivity contribution in [1.29, 1.82) is 0 Å². The van der Waals surface area contributed by atoms with Crippen LogP contribution < -0.4 is 10.2 Å². The molecule has 2 N–H and O–H groups in total. The lowest BCUT2D eigenvalue weighted by molar-refractivity contribution is 0.0587. The molecular weight excluding hydrogens is 246 g/mol. The average Bonchev–Trinajstić information content (AvgIpc) is 2.92. The zero-order valence-electron chi connectivity index (χ0n) is 11.7. The second kappa shape index (κ2) is 7.42. The Labute approximate surface area is 113 Å². The smallest absolute Gasteiger partial charge is 0.244 e. The highest BCUT2D eigenvalue weighted by atomic mass is 16.5. The lowest BCUT2D eigenvalue weighted by Gasteiger charge is -2.30. The lowest BCUT2D eigenvalue weighted by Crippen LogP contribution is -2.41. The van der Waals surface area contributed by atoms with Gasteiger partial charge in [-0.15, -0.1) is 5.10 Å². The van der Waals surface area contributed by atoms with Crippen molar-refractivity contribution in [3.8, 4) is 0 Å². The Kier molecular flexibility index (Phi) is 5.56. The van der Waals surface area contributed by atoms with Crippen LogP contribution in [0.4, 0.5) is 5.95 Å². The lowest BCUT2D eigenvalue weighted by atomic mass is 10.1. The van der Waals surface area contributed by atoms with Crippen molar-refractivity contribution in [3.05, 3.63) is 5.82 Å². The zero-order chi connectivity index (χ0) is 13.5. The predicted molar refractivity (Wildman–Crippen MR) is 72.2 cm³/mol. The third kappa shape index (κ3) is 4.15. The highest BCUT2D eigenvalue weighted by Gasteiger charge is 2.20. The van der Waals surface area contributed by atoms with E-state index in [2.05, 4.69) is 25.4 Å². The maximum absolute atomic E-state index is 5.41. The van der Waals surface area contributed by atoms with Gasteiger partial charge in [0.25, 0.3) is 0 Å². The van der Waals surface area contributed by atoms with Crippen LogP contribution in [0.2, 0.25) is 0 Å². The summed E-state index contributed by atoms with van der Waals surface area (Å²) in [6, 6.07) is 0.618. The fraction of sp³-hybridized carbons (Fsp3) is 0.833. The normalized spacial score (nSPS) is 17.1. The van der Waals surface area contributed by atoms with Gasteiger partial charge in [-0.2, -0.15) is 4.98 Å². The van der Waals surface area contributed by atoms with E-state index in [9.17, 15) is 0 Å². The van der Waals surface area contributed by atoms with Crippen molar-refractivity contribution in [1.82, 2.24) is 20.5 Å². The van der Waals surface area contributed by atoms with Crippen molar-refractivity contribution in [3.63, 3.8) is 0 Å². The molecule has 1 aliphatic heterocycles.